The first-order valence-corrected chi connectivity index (χ1v) is 9.02. The Kier molecular flexibility index (Phi) is 5.49. The van der Waals surface area contributed by atoms with E-state index >= 15 is 0 Å². The van der Waals surface area contributed by atoms with Gasteiger partial charge in [-0.2, -0.15) is 0 Å². The molecule has 1 heterocycles. The van der Waals surface area contributed by atoms with Crippen molar-refractivity contribution in [2.24, 2.45) is 0 Å². The molecule has 1 aliphatic heterocycles. The van der Waals surface area contributed by atoms with Gasteiger partial charge in [0.15, 0.2) is 11.5 Å². The minimum Gasteiger partial charge on any atom is -0.493 e. The van der Waals surface area contributed by atoms with E-state index in [4.69, 9.17) is 9.47 Å². The van der Waals surface area contributed by atoms with Gasteiger partial charge in [0.1, 0.15) is 0 Å². The third kappa shape index (κ3) is 3.41. The summed E-state index contributed by atoms with van der Waals surface area (Å²) in [6, 6.07) is 5.75. The number of ether oxygens (including phenoxy) is 2. The molecule has 0 radical (unpaired) electrons. The summed E-state index contributed by atoms with van der Waals surface area (Å²) in [6.45, 7) is 0.329. The number of hydrogen-bond acceptors (Lipinski definition) is 4. The molecule has 1 N–H and O–H groups in total. The van der Waals surface area contributed by atoms with Gasteiger partial charge in [0.05, 0.1) is 26.7 Å². The van der Waals surface area contributed by atoms with Crippen molar-refractivity contribution in [2.75, 3.05) is 21.3 Å². The summed E-state index contributed by atoms with van der Waals surface area (Å²) >= 11 is 0. The summed E-state index contributed by atoms with van der Waals surface area (Å²) in [5.41, 5.74) is 2.69. The Morgan fingerprint density at radius 1 is 1.27 bits per heavy atom. The van der Waals surface area contributed by atoms with Crippen LogP contribution in [-0.2, 0) is 16.1 Å². The van der Waals surface area contributed by atoms with Gasteiger partial charge in [-0.1, -0.05) is 18.6 Å². The van der Waals surface area contributed by atoms with Gasteiger partial charge in [-0.25, -0.2) is 0 Å². The zero-order valence-electron chi connectivity index (χ0n) is 15.6. The smallest absolute Gasteiger partial charge is 0.250 e. The van der Waals surface area contributed by atoms with Gasteiger partial charge < -0.3 is 19.7 Å². The van der Waals surface area contributed by atoms with Crippen LogP contribution in [0.5, 0.6) is 11.5 Å². The molecule has 1 aliphatic carbocycles. The first-order valence-electron chi connectivity index (χ1n) is 9.02. The predicted molar refractivity (Wildman–Crippen MR) is 98.1 cm³/mol. The molecule has 0 aromatic heterocycles. The molecule has 1 aromatic rings. The molecule has 0 saturated heterocycles. The monoisotopic (exact) mass is 358 g/mol. The number of nitrogens with zero attached hydrogens (tertiary/aromatic N) is 1. The number of hydrogen-bond donors (Lipinski definition) is 1. The highest BCUT2D eigenvalue weighted by Crippen LogP contribution is 2.37. The molecule has 1 aromatic carbocycles. The van der Waals surface area contributed by atoms with E-state index in [2.05, 4.69) is 5.32 Å². The number of fused-ring (bicyclic) bond motifs is 1. The van der Waals surface area contributed by atoms with Crippen LogP contribution in [0.15, 0.2) is 29.3 Å². The highest BCUT2D eigenvalue weighted by molar-refractivity contribution is 6.02. The van der Waals surface area contributed by atoms with Crippen molar-refractivity contribution in [3.05, 3.63) is 34.9 Å². The van der Waals surface area contributed by atoms with Gasteiger partial charge in [-0.15, -0.1) is 0 Å². The largest absolute Gasteiger partial charge is 0.493 e. The summed E-state index contributed by atoms with van der Waals surface area (Å²) in [7, 11) is 4.99. The van der Waals surface area contributed by atoms with Crippen LogP contribution >= 0.6 is 0 Å². The zero-order chi connectivity index (χ0) is 18.7. The average Bonchev–Trinajstić information content (AvgIpc) is 2.91. The normalized spacial score (nSPS) is 19.4. The van der Waals surface area contributed by atoms with Crippen LogP contribution in [-0.4, -0.2) is 44.0 Å². The van der Waals surface area contributed by atoms with Crippen LogP contribution in [0, 0.1) is 0 Å². The summed E-state index contributed by atoms with van der Waals surface area (Å²) in [5, 5.41) is 2.90. The van der Waals surface area contributed by atoms with Crippen molar-refractivity contribution < 1.29 is 19.1 Å². The van der Waals surface area contributed by atoms with Gasteiger partial charge in [-0.3, -0.25) is 9.59 Å². The SMILES string of the molecule is COc1cccc(CNC(=O)CC2=C3CCCCC3N(C)C2=O)c1OC. The number of likely N-dealkylation sites (N-methyl/N-ethyl adjacent to an activating group) is 1. The van der Waals surface area contributed by atoms with Crippen molar-refractivity contribution in [1.29, 1.82) is 0 Å². The van der Waals surface area contributed by atoms with E-state index in [1.807, 2.05) is 25.2 Å². The summed E-state index contributed by atoms with van der Waals surface area (Å²) in [4.78, 5) is 26.8. The lowest BCUT2D eigenvalue weighted by molar-refractivity contribution is -0.128. The van der Waals surface area contributed by atoms with Gasteiger partial charge in [0.25, 0.3) is 5.91 Å². The van der Waals surface area contributed by atoms with E-state index in [1.54, 1.807) is 19.1 Å². The Bertz CT molecular complexity index is 741. The van der Waals surface area contributed by atoms with E-state index in [1.165, 1.54) is 0 Å². The minimum atomic E-state index is -0.148. The second-order valence-corrected chi connectivity index (χ2v) is 6.79. The van der Waals surface area contributed by atoms with Crippen molar-refractivity contribution >= 4 is 11.8 Å². The first kappa shape index (κ1) is 18.3. The molecule has 140 valence electrons. The van der Waals surface area contributed by atoms with Crippen LogP contribution in [0.3, 0.4) is 0 Å². The van der Waals surface area contributed by atoms with Gasteiger partial charge >= 0.3 is 0 Å². The highest BCUT2D eigenvalue weighted by atomic mass is 16.5. The molecule has 0 bridgehead atoms. The molecule has 0 spiro atoms. The maximum Gasteiger partial charge on any atom is 0.250 e. The van der Waals surface area contributed by atoms with E-state index < -0.39 is 0 Å². The fraction of sp³-hybridized carbons (Fsp3) is 0.500. The van der Waals surface area contributed by atoms with Crippen LogP contribution in [0.1, 0.15) is 37.7 Å². The molecule has 3 rings (SSSR count). The highest BCUT2D eigenvalue weighted by Gasteiger charge is 2.38. The molecule has 26 heavy (non-hydrogen) atoms. The molecular formula is C20H26N2O4. The van der Waals surface area contributed by atoms with E-state index in [0.717, 1.165) is 36.8 Å². The number of rotatable bonds is 6. The Balaban J connectivity index is 1.67. The number of carbonyl (C=O) groups is 2. The molecule has 2 amide bonds. The van der Waals surface area contributed by atoms with Gasteiger partial charge in [-0.05, 0) is 30.9 Å². The number of carbonyl (C=O) groups excluding carboxylic acids is 2. The molecule has 2 aliphatic rings. The minimum absolute atomic E-state index is 0.000936. The second kappa shape index (κ2) is 7.81. The Morgan fingerprint density at radius 2 is 2.08 bits per heavy atom. The van der Waals surface area contributed by atoms with Crippen LogP contribution in [0.25, 0.3) is 0 Å². The lowest BCUT2D eigenvalue weighted by Gasteiger charge is -2.26. The van der Waals surface area contributed by atoms with E-state index in [9.17, 15) is 9.59 Å². The second-order valence-electron chi connectivity index (χ2n) is 6.79. The van der Waals surface area contributed by atoms with Gasteiger partial charge in [0, 0.05) is 24.7 Å². The van der Waals surface area contributed by atoms with E-state index in [0.29, 0.717) is 23.6 Å². The molecule has 1 unspecified atom stereocenters. The van der Waals surface area contributed by atoms with Crippen molar-refractivity contribution in [3.63, 3.8) is 0 Å². The summed E-state index contributed by atoms with van der Waals surface area (Å²) < 4.78 is 10.7. The Hall–Kier alpha value is -2.50. The third-order valence-electron chi connectivity index (χ3n) is 5.31. The number of benzene rings is 1. The quantitative estimate of drug-likeness (QED) is 0.848. The van der Waals surface area contributed by atoms with Crippen molar-refractivity contribution in [2.45, 2.75) is 44.7 Å². The molecule has 1 atom stereocenters. The Morgan fingerprint density at radius 3 is 2.81 bits per heavy atom. The fourth-order valence-corrected chi connectivity index (χ4v) is 3.96. The third-order valence-corrected chi connectivity index (χ3v) is 5.31. The van der Waals surface area contributed by atoms with Crippen molar-refractivity contribution in [1.82, 2.24) is 10.2 Å². The van der Waals surface area contributed by atoms with Crippen LogP contribution < -0.4 is 14.8 Å². The molecule has 1 saturated carbocycles. The number of methoxy groups -OCH3 is 2. The zero-order valence-corrected chi connectivity index (χ0v) is 15.6. The average molecular weight is 358 g/mol. The number of nitrogens with one attached hydrogen (secondary N) is 1. The standard InChI is InChI=1S/C20H26N2O4/c1-22-16-9-5-4-8-14(16)15(20(22)24)11-18(23)21-12-13-7-6-10-17(25-2)19(13)26-3/h6-7,10,16H,4-5,8-9,11-12H2,1-3H3,(H,21,23). The molecule has 6 nitrogen and oxygen atoms in total. The summed E-state index contributed by atoms with van der Waals surface area (Å²) in [6.07, 6.45) is 4.30. The molecule has 1 fully saturated rings. The number of para-hydroxylation sites is 1. The van der Waals surface area contributed by atoms with Crippen LogP contribution in [0.4, 0.5) is 0 Å². The van der Waals surface area contributed by atoms with Crippen LogP contribution in [0.2, 0.25) is 0 Å². The maximum absolute atomic E-state index is 12.5. The first-order chi connectivity index (χ1) is 12.6. The predicted octanol–water partition coefficient (Wildman–Crippen LogP) is 2.42. The fourth-order valence-electron chi connectivity index (χ4n) is 3.96. The topological polar surface area (TPSA) is 67.9 Å². The maximum atomic E-state index is 12.5. The van der Waals surface area contributed by atoms with Gasteiger partial charge in [0.2, 0.25) is 5.91 Å². The Labute approximate surface area is 154 Å². The number of amides is 2. The lowest BCUT2D eigenvalue weighted by Crippen LogP contribution is -2.33. The van der Waals surface area contributed by atoms with E-state index in [-0.39, 0.29) is 24.3 Å². The summed E-state index contributed by atoms with van der Waals surface area (Å²) in [5.74, 6) is 1.09. The van der Waals surface area contributed by atoms with Crippen molar-refractivity contribution in [3.8, 4) is 11.5 Å². The molecule has 6 heteroatoms. The molecular weight excluding hydrogens is 332 g/mol. The lowest BCUT2D eigenvalue weighted by atomic mass is 9.88.